The minimum atomic E-state index is -0.449. The molecular weight excluding hydrogens is 299 g/mol. The van der Waals surface area contributed by atoms with E-state index in [0.29, 0.717) is 10.2 Å². The number of rotatable bonds is 2. The molecule has 1 amide bonds. The van der Waals surface area contributed by atoms with Crippen LogP contribution in [0.5, 0.6) is 0 Å². The zero-order valence-electron chi connectivity index (χ0n) is 9.58. The van der Waals surface area contributed by atoms with Crippen molar-refractivity contribution in [3.8, 4) is 0 Å². The third kappa shape index (κ3) is 2.73. The van der Waals surface area contributed by atoms with Crippen molar-refractivity contribution >= 4 is 27.5 Å². The number of benzene rings is 1. The van der Waals surface area contributed by atoms with Crippen molar-refractivity contribution in [1.82, 2.24) is 4.98 Å². The number of amides is 1. The van der Waals surface area contributed by atoms with Crippen LogP contribution in [0.25, 0.3) is 0 Å². The van der Waals surface area contributed by atoms with Gasteiger partial charge in [0.15, 0.2) is 0 Å². The average molecular weight is 309 g/mol. The van der Waals surface area contributed by atoms with E-state index in [4.69, 9.17) is 0 Å². The first-order valence-corrected chi connectivity index (χ1v) is 6.04. The molecule has 2 rings (SSSR count). The second-order valence-electron chi connectivity index (χ2n) is 3.77. The first-order chi connectivity index (χ1) is 8.58. The van der Waals surface area contributed by atoms with Crippen LogP contribution in [0.15, 0.2) is 41.1 Å². The molecule has 0 aliphatic heterocycles. The van der Waals surface area contributed by atoms with Crippen molar-refractivity contribution < 1.29 is 9.18 Å². The summed E-state index contributed by atoms with van der Waals surface area (Å²) in [5.41, 5.74) is 1.76. The predicted molar refractivity (Wildman–Crippen MR) is 71.0 cm³/mol. The van der Waals surface area contributed by atoms with E-state index in [2.05, 4.69) is 26.2 Å². The molecule has 1 aromatic carbocycles. The number of carbonyl (C=O) groups excluding carboxylic acids is 1. The standard InChI is InChI=1S/C13H10BrFN2O/c1-8-7-16-5-4-12(8)17-13(18)10-6-9(15)2-3-11(10)14/h2-7H,1H3,(H,16,17,18). The first-order valence-electron chi connectivity index (χ1n) is 5.25. The van der Waals surface area contributed by atoms with Crippen LogP contribution < -0.4 is 5.32 Å². The molecule has 0 saturated carbocycles. The van der Waals surface area contributed by atoms with Crippen LogP contribution >= 0.6 is 15.9 Å². The number of aryl methyl sites for hydroxylation is 1. The maximum Gasteiger partial charge on any atom is 0.256 e. The third-order valence-corrected chi connectivity index (χ3v) is 3.13. The zero-order valence-corrected chi connectivity index (χ0v) is 11.2. The number of aromatic nitrogens is 1. The molecule has 0 atom stereocenters. The van der Waals surface area contributed by atoms with E-state index in [1.807, 2.05) is 6.92 Å². The Morgan fingerprint density at radius 1 is 1.39 bits per heavy atom. The Labute approximate surface area is 112 Å². The molecule has 0 spiro atoms. The number of nitrogens with one attached hydrogen (secondary N) is 1. The van der Waals surface area contributed by atoms with E-state index in [1.54, 1.807) is 18.5 Å². The van der Waals surface area contributed by atoms with Gasteiger partial charge in [0.2, 0.25) is 0 Å². The van der Waals surface area contributed by atoms with Gasteiger partial charge < -0.3 is 5.32 Å². The smallest absolute Gasteiger partial charge is 0.256 e. The van der Waals surface area contributed by atoms with Gasteiger partial charge >= 0.3 is 0 Å². The molecule has 5 heteroatoms. The normalized spacial score (nSPS) is 10.2. The summed E-state index contributed by atoms with van der Waals surface area (Å²) in [6.07, 6.45) is 3.24. The van der Waals surface area contributed by atoms with Crippen LogP contribution in [0.4, 0.5) is 10.1 Å². The molecule has 0 aliphatic carbocycles. The molecule has 2 aromatic rings. The fraction of sp³-hybridized carbons (Fsp3) is 0.0769. The lowest BCUT2D eigenvalue weighted by Crippen LogP contribution is -2.13. The van der Waals surface area contributed by atoms with E-state index < -0.39 is 5.82 Å². The van der Waals surface area contributed by atoms with Gasteiger partial charge in [0.05, 0.1) is 5.56 Å². The molecule has 0 unspecified atom stereocenters. The lowest BCUT2D eigenvalue weighted by molar-refractivity contribution is 0.102. The van der Waals surface area contributed by atoms with E-state index in [0.717, 1.165) is 5.56 Å². The van der Waals surface area contributed by atoms with Crippen molar-refractivity contribution in [2.75, 3.05) is 5.32 Å². The van der Waals surface area contributed by atoms with Gasteiger partial charge in [0, 0.05) is 22.6 Å². The van der Waals surface area contributed by atoms with Crippen molar-refractivity contribution in [2.45, 2.75) is 6.92 Å². The highest BCUT2D eigenvalue weighted by molar-refractivity contribution is 9.10. The van der Waals surface area contributed by atoms with Crippen molar-refractivity contribution in [2.24, 2.45) is 0 Å². The molecule has 3 nitrogen and oxygen atoms in total. The van der Waals surface area contributed by atoms with Gasteiger partial charge in [0.25, 0.3) is 5.91 Å². The maximum absolute atomic E-state index is 13.1. The molecule has 0 radical (unpaired) electrons. The molecule has 0 aliphatic rings. The number of carbonyl (C=O) groups is 1. The monoisotopic (exact) mass is 308 g/mol. The minimum absolute atomic E-state index is 0.256. The number of halogens is 2. The summed E-state index contributed by atoms with van der Waals surface area (Å²) < 4.78 is 13.7. The Morgan fingerprint density at radius 3 is 2.89 bits per heavy atom. The fourth-order valence-electron chi connectivity index (χ4n) is 1.47. The molecule has 0 saturated heterocycles. The van der Waals surface area contributed by atoms with Crippen molar-refractivity contribution in [3.05, 3.63) is 58.1 Å². The highest BCUT2D eigenvalue weighted by Crippen LogP contribution is 2.20. The van der Waals surface area contributed by atoms with Crippen LogP contribution in [-0.4, -0.2) is 10.9 Å². The SMILES string of the molecule is Cc1cnccc1NC(=O)c1cc(F)ccc1Br. The van der Waals surface area contributed by atoms with E-state index >= 15 is 0 Å². The Bertz CT molecular complexity index is 601. The van der Waals surface area contributed by atoms with Crippen LogP contribution in [0.3, 0.4) is 0 Å². The molecule has 1 N–H and O–H groups in total. The van der Waals surface area contributed by atoms with Crippen LogP contribution in [0, 0.1) is 12.7 Å². The van der Waals surface area contributed by atoms with Gasteiger partial charge in [0.1, 0.15) is 5.82 Å². The molecule has 0 fully saturated rings. The second kappa shape index (κ2) is 5.27. The Kier molecular flexibility index (Phi) is 3.72. The predicted octanol–water partition coefficient (Wildman–Crippen LogP) is 3.54. The number of nitrogens with zero attached hydrogens (tertiary/aromatic N) is 1. The van der Waals surface area contributed by atoms with Gasteiger partial charge in [-0.3, -0.25) is 9.78 Å². The molecule has 92 valence electrons. The lowest BCUT2D eigenvalue weighted by atomic mass is 10.2. The Balaban J connectivity index is 2.28. The summed E-state index contributed by atoms with van der Waals surface area (Å²) >= 11 is 3.22. The highest BCUT2D eigenvalue weighted by Gasteiger charge is 2.12. The topological polar surface area (TPSA) is 42.0 Å². The van der Waals surface area contributed by atoms with E-state index in [1.165, 1.54) is 18.2 Å². The lowest BCUT2D eigenvalue weighted by Gasteiger charge is -2.08. The summed E-state index contributed by atoms with van der Waals surface area (Å²) in [5, 5.41) is 2.72. The molecule has 18 heavy (non-hydrogen) atoms. The minimum Gasteiger partial charge on any atom is -0.322 e. The molecule has 1 heterocycles. The molecular formula is C13H10BrFN2O. The average Bonchev–Trinajstić information content (AvgIpc) is 2.35. The largest absolute Gasteiger partial charge is 0.322 e. The third-order valence-electron chi connectivity index (χ3n) is 2.44. The molecule has 0 bridgehead atoms. The van der Waals surface area contributed by atoms with E-state index in [9.17, 15) is 9.18 Å². The summed E-state index contributed by atoms with van der Waals surface area (Å²) in [4.78, 5) is 15.9. The summed E-state index contributed by atoms with van der Waals surface area (Å²) in [5.74, 6) is -0.814. The van der Waals surface area contributed by atoms with Gasteiger partial charge in [-0.25, -0.2) is 4.39 Å². The quantitative estimate of drug-likeness (QED) is 0.922. The highest BCUT2D eigenvalue weighted by atomic mass is 79.9. The number of pyridine rings is 1. The number of hydrogen-bond donors (Lipinski definition) is 1. The van der Waals surface area contributed by atoms with Gasteiger partial charge in [-0.05, 0) is 52.7 Å². The van der Waals surface area contributed by atoms with Crippen LogP contribution in [0.1, 0.15) is 15.9 Å². The summed E-state index contributed by atoms with van der Waals surface area (Å²) in [6, 6.07) is 5.68. The van der Waals surface area contributed by atoms with Crippen molar-refractivity contribution in [3.63, 3.8) is 0 Å². The van der Waals surface area contributed by atoms with Gasteiger partial charge in [-0.1, -0.05) is 0 Å². The van der Waals surface area contributed by atoms with E-state index in [-0.39, 0.29) is 11.5 Å². The van der Waals surface area contributed by atoms with Crippen molar-refractivity contribution in [1.29, 1.82) is 0 Å². The summed E-state index contributed by atoms with van der Waals surface area (Å²) in [7, 11) is 0. The number of hydrogen-bond acceptors (Lipinski definition) is 2. The molecule has 1 aromatic heterocycles. The number of anilines is 1. The summed E-state index contributed by atoms with van der Waals surface area (Å²) in [6.45, 7) is 1.84. The fourth-order valence-corrected chi connectivity index (χ4v) is 1.90. The van der Waals surface area contributed by atoms with Gasteiger partial charge in [-0.2, -0.15) is 0 Å². The Morgan fingerprint density at radius 2 is 2.17 bits per heavy atom. The zero-order chi connectivity index (χ0) is 13.1. The Hall–Kier alpha value is -1.75. The van der Waals surface area contributed by atoms with Crippen LogP contribution in [0.2, 0.25) is 0 Å². The first kappa shape index (κ1) is 12.7. The van der Waals surface area contributed by atoms with Gasteiger partial charge in [-0.15, -0.1) is 0 Å². The maximum atomic E-state index is 13.1. The second-order valence-corrected chi connectivity index (χ2v) is 4.62. The van der Waals surface area contributed by atoms with Crippen LogP contribution in [-0.2, 0) is 0 Å².